The van der Waals surface area contributed by atoms with Gasteiger partial charge >= 0.3 is 0 Å². The summed E-state index contributed by atoms with van der Waals surface area (Å²) in [6.45, 7) is 8.85. The third-order valence-electron chi connectivity index (χ3n) is 2.33. The van der Waals surface area contributed by atoms with Gasteiger partial charge in [0.2, 0.25) is 0 Å². The Bertz CT molecular complexity index is 181. The van der Waals surface area contributed by atoms with E-state index < -0.39 is 0 Å². The van der Waals surface area contributed by atoms with Crippen molar-refractivity contribution in [1.29, 1.82) is 0 Å². The van der Waals surface area contributed by atoms with Crippen molar-refractivity contribution in [3.8, 4) is 11.8 Å². The van der Waals surface area contributed by atoms with Gasteiger partial charge in [-0.2, -0.15) is 0 Å². The van der Waals surface area contributed by atoms with E-state index in [9.17, 15) is 0 Å². The molecule has 0 saturated carbocycles. The maximum absolute atomic E-state index is 5.33. The molecule has 0 aromatic heterocycles. The van der Waals surface area contributed by atoms with Crippen molar-refractivity contribution in [2.75, 3.05) is 19.8 Å². The van der Waals surface area contributed by atoms with Crippen LogP contribution in [0.5, 0.6) is 0 Å². The first kappa shape index (κ1) is 14.5. The summed E-state index contributed by atoms with van der Waals surface area (Å²) in [5.74, 6) is 6.06. The Morgan fingerprint density at radius 3 is 2.67 bits per heavy atom. The van der Waals surface area contributed by atoms with Crippen molar-refractivity contribution >= 4 is 0 Å². The lowest BCUT2D eigenvalue weighted by Crippen LogP contribution is -2.29. The average molecular weight is 211 g/mol. The molecule has 0 aliphatic rings. The van der Waals surface area contributed by atoms with Gasteiger partial charge in [0.05, 0.1) is 0 Å². The van der Waals surface area contributed by atoms with Gasteiger partial charge in [0, 0.05) is 25.7 Å². The van der Waals surface area contributed by atoms with Crippen LogP contribution < -0.4 is 5.32 Å². The van der Waals surface area contributed by atoms with Crippen LogP contribution in [0.4, 0.5) is 0 Å². The highest BCUT2D eigenvalue weighted by molar-refractivity contribution is 4.95. The van der Waals surface area contributed by atoms with Crippen molar-refractivity contribution in [1.82, 2.24) is 5.32 Å². The highest BCUT2D eigenvalue weighted by Gasteiger charge is 2.05. The molecule has 0 saturated heterocycles. The van der Waals surface area contributed by atoms with Crippen LogP contribution in [0.3, 0.4) is 0 Å². The van der Waals surface area contributed by atoms with Gasteiger partial charge in [-0.3, -0.25) is 0 Å². The van der Waals surface area contributed by atoms with Crippen LogP contribution in [-0.4, -0.2) is 25.8 Å². The maximum atomic E-state index is 5.33. The number of hydrogen-bond donors (Lipinski definition) is 1. The van der Waals surface area contributed by atoms with E-state index in [0.717, 1.165) is 39.0 Å². The molecule has 0 aliphatic heterocycles. The lowest BCUT2D eigenvalue weighted by molar-refractivity contribution is 0.140. The summed E-state index contributed by atoms with van der Waals surface area (Å²) in [4.78, 5) is 0. The van der Waals surface area contributed by atoms with Crippen LogP contribution in [0.2, 0.25) is 0 Å². The molecular formula is C13H25NO. The van der Waals surface area contributed by atoms with E-state index in [1.165, 1.54) is 6.42 Å². The number of hydrogen-bond acceptors (Lipinski definition) is 2. The fourth-order valence-corrected chi connectivity index (χ4v) is 1.58. The first-order valence-electron chi connectivity index (χ1n) is 6.05. The molecule has 1 unspecified atom stereocenters. The Morgan fingerprint density at radius 2 is 2.07 bits per heavy atom. The molecule has 1 N–H and O–H groups in total. The van der Waals surface area contributed by atoms with Gasteiger partial charge < -0.3 is 10.1 Å². The lowest BCUT2D eigenvalue weighted by atomic mass is 10.1. The number of ether oxygens (including phenoxy) is 1. The zero-order valence-electron chi connectivity index (χ0n) is 10.4. The zero-order valence-corrected chi connectivity index (χ0v) is 10.4. The predicted molar refractivity (Wildman–Crippen MR) is 65.9 cm³/mol. The van der Waals surface area contributed by atoms with Crippen molar-refractivity contribution in [2.24, 2.45) is 0 Å². The van der Waals surface area contributed by atoms with E-state index in [1.54, 1.807) is 0 Å². The fraction of sp³-hybridized carbons (Fsp3) is 0.846. The Kier molecular flexibility index (Phi) is 11.2. The second-order valence-electron chi connectivity index (χ2n) is 3.56. The van der Waals surface area contributed by atoms with Crippen LogP contribution in [-0.2, 0) is 4.74 Å². The van der Waals surface area contributed by atoms with Crippen molar-refractivity contribution < 1.29 is 4.74 Å². The number of rotatable bonds is 9. The third kappa shape index (κ3) is 9.78. The number of nitrogens with one attached hydrogen (secondary N) is 1. The first-order valence-corrected chi connectivity index (χ1v) is 6.05. The van der Waals surface area contributed by atoms with Crippen LogP contribution in [0.15, 0.2) is 0 Å². The van der Waals surface area contributed by atoms with E-state index >= 15 is 0 Å². The summed E-state index contributed by atoms with van der Waals surface area (Å²) in [6, 6.07) is 0.608. The van der Waals surface area contributed by atoms with E-state index in [1.807, 2.05) is 13.8 Å². The Morgan fingerprint density at radius 1 is 1.27 bits per heavy atom. The van der Waals surface area contributed by atoms with Gasteiger partial charge in [-0.05, 0) is 39.7 Å². The minimum Gasteiger partial charge on any atom is -0.382 e. The van der Waals surface area contributed by atoms with Gasteiger partial charge in [-0.1, -0.05) is 6.92 Å². The molecule has 0 spiro atoms. The summed E-state index contributed by atoms with van der Waals surface area (Å²) < 4.78 is 5.33. The zero-order chi connectivity index (χ0) is 11.4. The summed E-state index contributed by atoms with van der Waals surface area (Å²) in [5.41, 5.74) is 0. The summed E-state index contributed by atoms with van der Waals surface area (Å²) >= 11 is 0. The highest BCUT2D eigenvalue weighted by Crippen LogP contribution is 2.04. The minimum atomic E-state index is 0.608. The molecule has 0 heterocycles. The molecule has 0 bridgehead atoms. The Labute approximate surface area is 94.8 Å². The van der Waals surface area contributed by atoms with E-state index in [2.05, 4.69) is 24.1 Å². The standard InChI is InChI=1S/C13H25NO/c1-4-7-8-10-13(14-5-2)11-9-12-15-6-3/h13-14H,5-6,8-12H2,1-3H3. The van der Waals surface area contributed by atoms with E-state index in [4.69, 9.17) is 4.74 Å². The van der Waals surface area contributed by atoms with Crippen LogP contribution in [0.1, 0.15) is 46.5 Å². The van der Waals surface area contributed by atoms with Gasteiger partial charge in [0.1, 0.15) is 0 Å². The average Bonchev–Trinajstić information content (AvgIpc) is 2.24. The molecule has 88 valence electrons. The molecule has 15 heavy (non-hydrogen) atoms. The van der Waals surface area contributed by atoms with Gasteiger partial charge in [0.25, 0.3) is 0 Å². The van der Waals surface area contributed by atoms with Gasteiger partial charge in [0.15, 0.2) is 0 Å². The molecule has 0 aliphatic carbocycles. The molecule has 0 rings (SSSR count). The third-order valence-corrected chi connectivity index (χ3v) is 2.33. The van der Waals surface area contributed by atoms with Crippen LogP contribution in [0, 0.1) is 11.8 Å². The monoisotopic (exact) mass is 211 g/mol. The Hall–Kier alpha value is -0.520. The minimum absolute atomic E-state index is 0.608. The van der Waals surface area contributed by atoms with Crippen LogP contribution in [0.25, 0.3) is 0 Å². The highest BCUT2D eigenvalue weighted by atomic mass is 16.5. The smallest absolute Gasteiger partial charge is 0.0466 e. The molecule has 0 aromatic carbocycles. The molecule has 2 heteroatoms. The maximum Gasteiger partial charge on any atom is 0.0466 e. The summed E-state index contributed by atoms with van der Waals surface area (Å²) in [5, 5.41) is 3.50. The van der Waals surface area contributed by atoms with E-state index in [0.29, 0.717) is 6.04 Å². The molecule has 0 radical (unpaired) electrons. The molecule has 0 aromatic rings. The quantitative estimate of drug-likeness (QED) is 0.467. The predicted octanol–water partition coefficient (Wildman–Crippen LogP) is 2.58. The Balaban J connectivity index is 3.56. The fourth-order valence-electron chi connectivity index (χ4n) is 1.58. The van der Waals surface area contributed by atoms with Gasteiger partial charge in [-0.25, -0.2) is 0 Å². The molecule has 2 nitrogen and oxygen atoms in total. The van der Waals surface area contributed by atoms with Crippen molar-refractivity contribution in [2.45, 2.75) is 52.5 Å². The van der Waals surface area contributed by atoms with Crippen molar-refractivity contribution in [3.05, 3.63) is 0 Å². The molecule has 0 amide bonds. The second-order valence-corrected chi connectivity index (χ2v) is 3.56. The van der Waals surface area contributed by atoms with Gasteiger partial charge in [-0.15, -0.1) is 11.8 Å². The lowest BCUT2D eigenvalue weighted by Gasteiger charge is -2.16. The van der Waals surface area contributed by atoms with Crippen LogP contribution >= 0.6 is 0 Å². The molecule has 1 atom stereocenters. The first-order chi connectivity index (χ1) is 7.35. The summed E-state index contributed by atoms with van der Waals surface area (Å²) in [6.07, 6.45) is 4.49. The molecule has 0 fully saturated rings. The molecular weight excluding hydrogens is 186 g/mol. The largest absolute Gasteiger partial charge is 0.382 e. The van der Waals surface area contributed by atoms with E-state index in [-0.39, 0.29) is 0 Å². The topological polar surface area (TPSA) is 21.3 Å². The van der Waals surface area contributed by atoms with Crippen molar-refractivity contribution in [3.63, 3.8) is 0 Å². The SMILES string of the molecule is CC#CCCC(CCCOCC)NCC. The normalized spacial score (nSPS) is 11.9. The second kappa shape index (κ2) is 11.6. The summed E-state index contributed by atoms with van der Waals surface area (Å²) in [7, 11) is 0.